The van der Waals surface area contributed by atoms with E-state index in [0.29, 0.717) is 12.1 Å². The van der Waals surface area contributed by atoms with Crippen LogP contribution in [0.25, 0.3) is 0 Å². The van der Waals surface area contributed by atoms with Crippen molar-refractivity contribution in [1.82, 2.24) is 9.80 Å². The average molecular weight is 275 g/mol. The third-order valence-corrected chi connectivity index (χ3v) is 4.19. The minimum Gasteiger partial charge on any atom is -0.340 e. The predicted octanol–water partition coefficient (Wildman–Crippen LogP) is 1.46. The minimum atomic E-state index is -0.0422. The minimum absolute atomic E-state index is 0.0422. The molecular formula is C11H19BrN2O. The van der Waals surface area contributed by atoms with Gasteiger partial charge < -0.3 is 4.90 Å². The molecule has 2 bridgehead atoms. The summed E-state index contributed by atoms with van der Waals surface area (Å²) in [6.45, 7) is 3.76. The lowest BCUT2D eigenvalue weighted by atomic mass is 10.1. The Morgan fingerprint density at radius 3 is 2.67 bits per heavy atom. The van der Waals surface area contributed by atoms with Crippen LogP contribution < -0.4 is 0 Å². The van der Waals surface area contributed by atoms with Crippen LogP contribution in [0.5, 0.6) is 0 Å². The molecule has 86 valence electrons. The molecule has 2 fully saturated rings. The summed E-state index contributed by atoms with van der Waals surface area (Å²) in [5, 5.41) is 0. The summed E-state index contributed by atoms with van der Waals surface area (Å²) in [6, 6.07) is 1.30. The topological polar surface area (TPSA) is 23.6 Å². The maximum Gasteiger partial charge on any atom is 0.236 e. The van der Waals surface area contributed by atoms with Gasteiger partial charge in [0.15, 0.2) is 0 Å². The van der Waals surface area contributed by atoms with Crippen LogP contribution in [0.1, 0.15) is 26.2 Å². The van der Waals surface area contributed by atoms with Gasteiger partial charge in [0.25, 0.3) is 0 Å². The van der Waals surface area contributed by atoms with E-state index in [2.05, 4.69) is 27.9 Å². The first-order valence-corrected chi connectivity index (χ1v) is 6.66. The molecule has 0 spiro atoms. The van der Waals surface area contributed by atoms with E-state index in [0.717, 1.165) is 19.5 Å². The zero-order chi connectivity index (χ0) is 11.0. The second-order valence-corrected chi connectivity index (χ2v) is 6.11. The molecule has 3 atom stereocenters. The van der Waals surface area contributed by atoms with Gasteiger partial charge in [0.1, 0.15) is 0 Å². The van der Waals surface area contributed by atoms with E-state index in [-0.39, 0.29) is 10.7 Å². The van der Waals surface area contributed by atoms with Crippen molar-refractivity contribution in [3.05, 3.63) is 0 Å². The normalized spacial score (nSPS) is 33.9. The van der Waals surface area contributed by atoms with E-state index in [1.807, 2.05) is 11.8 Å². The summed E-state index contributed by atoms with van der Waals surface area (Å²) >= 11 is 3.36. The van der Waals surface area contributed by atoms with Gasteiger partial charge in [0.2, 0.25) is 5.91 Å². The molecule has 0 saturated carbocycles. The number of fused-ring (bicyclic) bond motifs is 2. The quantitative estimate of drug-likeness (QED) is 0.676. The molecule has 2 rings (SSSR count). The Morgan fingerprint density at radius 2 is 2.00 bits per heavy atom. The number of likely N-dealkylation sites (tertiary alicyclic amines) is 1. The monoisotopic (exact) mass is 274 g/mol. The second-order valence-electron chi connectivity index (χ2n) is 4.74. The number of carbonyl (C=O) groups is 1. The van der Waals surface area contributed by atoms with Crippen molar-refractivity contribution in [1.29, 1.82) is 0 Å². The summed E-state index contributed by atoms with van der Waals surface area (Å²) in [5.41, 5.74) is 0. The van der Waals surface area contributed by atoms with Crippen LogP contribution >= 0.6 is 15.9 Å². The highest BCUT2D eigenvalue weighted by Crippen LogP contribution is 2.28. The van der Waals surface area contributed by atoms with Crippen LogP contribution in [0.2, 0.25) is 0 Å². The first kappa shape index (κ1) is 11.4. The predicted molar refractivity (Wildman–Crippen MR) is 64.2 cm³/mol. The summed E-state index contributed by atoms with van der Waals surface area (Å²) in [4.78, 5) is 16.3. The number of carbonyl (C=O) groups excluding carboxylic acids is 1. The summed E-state index contributed by atoms with van der Waals surface area (Å²) < 4.78 is 0. The van der Waals surface area contributed by atoms with E-state index in [1.54, 1.807) is 0 Å². The van der Waals surface area contributed by atoms with Crippen molar-refractivity contribution in [2.75, 3.05) is 20.1 Å². The summed E-state index contributed by atoms with van der Waals surface area (Å²) in [6.07, 6.45) is 3.70. The fraction of sp³-hybridized carbons (Fsp3) is 0.909. The van der Waals surface area contributed by atoms with E-state index in [9.17, 15) is 4.79 Å². The molecular weight excluding hydrogens is 256 g/mol. The lowest BCUT2D eigenvalue weighted by Gasteiger charge is -2.26. The maximum absolute atomic E-state index is 11.9. The van der Waals surface area contributed by atoms with Crippen LogP contribution in [-0.2, 0) is 4.79 Å². The third kappa shape index (κ3) is 2.21. The summed E-state index contributed by atoms with van der Waals surface area (Å²) in [5.74, 6) is 0.246. The molecule has 1 amide bonds. The molecule has 0 aromatic rings. The van der Waals surface area contributed by atoms with Crippen LogP contribution in [0, 0.1) is 0 Å². The van der Waals surface area contributed by atoms with E-state index < -0.39 is 0 Å². The highest BCUT2D eigenvalue weighted by Gasteiger charge is 2.36. The van der Waals surface area contributed by atoms with Crippen LogP contribution in [-0.4, -0.2) is 52.8 Å². The Balaban J connectivity index is 2.03. The highest BCUT2D eigenvalue weighted by molar-refractivity contribution is 9.10. The number of hydrogen-bond donors (Lipinski definition) is 0. The number of rotatable bonds is 1. The zero-order valence-electron chi connectivity index (χ0n) is 9.45. The number of nitrogens with zero attached hydrogens (tertiary/aromatic N) is 2. The van der Waals surface area contributed by atoms with Crippen molar-refractivity contribution < 1.29 is 4.79 Å². The molecule has 3 nitrogen and oxygen atoms in total. The lowest BCUT2D eigenvalue weighted by molar-refractivity contribution is -0.130. The Hall–Kier alpha value is -0.0900. The van der Waals surface area contributed by atoms with Crippen LogP contribution in [0.3, 0.4) is 0 Å². The van der Waals surface area contributed by atoms with E-state index >= 15 is 0 Å². The smallest absolute Gasteiger partial charge is 0.236 e. The zero-order valence-corrected chi connectivity index (χ0v) is 11.0. The molecule has 3 unspecified atom stereocenters. The first-order valence-electron chi connectivity index (χ1n) is 5.74. The average Bonchev–Trinajstić information content (AvgIpc) is 2.40. The maximum atomic E-state index is 11.9. The van der Waals surface area contributed by atoms with Gasteiger partial charge in [-0.2, -0.15) is 0 Å². The van der Waals surface area contributed by atoms with Crippen LogP contribution in [0.4, 0.5) is 0 Å². The largest absolute Gasteiger partial charge is 0.340 e. The van der Waals surface area contributed by atoms with Crippen molar-refractivity contribution in [2.24, 2.45) is 0 Å². The van der Waals surface area contributed by atoms with Crippen molar-refractivity contribution in [3.63, 3.8) is 0 Å². The number of alkyl halides is 1. The number of halogens is 1. The molecule has 2 aliphatic rings. The lowest BCUT2D eigenvalue weighted by Crippen LogP contribution is -2.42. The highest BCUT2D eigenvalue weighted by atomic mass is 79.9. The Morgan fingerprint density at radius 1 is 1.33 bits per heavy atom. The van der Waals surface area contributed by atoms with E-state index in [4.69, 9.17) is 0 Å². The first-order chi connectivity index (χ1) is 7.09. The van der Waals surface area contributed by atoms with Gasteiger partial charge in [0, 0.05) is 25.2 Å². The molecule has 0 aliphatic carbocycles. The summed E-state index contributed by atoms with van der Waals surface area (Å²) in [7, 11) is 2.20. The number of amides is 1. The van der Waals surface area contributed by atoms with Crippen LogP contribution in [0.15, 0.2) is 0 Å². The molecule has 0 aromatic heterocycles. The molecule has 0 aromatic carbocycles. The second kappa shape index (κ2) is 4.42. The Bertz CT molecular complexity index is 257. The third-order valence-electron chi connectivity index (χ3n) is 3.80. The standard InChI is InChI=1S/C11H19BrN2O/c1-8(12)11(15)14-6-5-9-3-4-10(7-14)13(9)2/h8-10H,3-7H2,1-2H3. The van der Waals surface area contributed by atoms with Gasteiger partial charge in [-0.15, -0.1) is 0 Å². The Labute approximate surface area is 99.9 Å². The van der Waals surface area contributed by atoms with Gasteiger partial charge in [0.05, 0.1) is 4.83 Å². The van der Waals surface area contributed by atoms with E-state index in [1.165, 1.54) is 12.8 Å². The van der Waals surface area contributed by atoms with Gasteiger partial charge in [-0.25, -0.2) is 0 Å². The van der Waals surface area contributed by atoms with Crippen molar-refractivity contribution >= 4 is 21.8 Å². The fourth-order valence-corrected chi connectivity index (χ4v) is 3.05. The molecule has 15 heavy (non-hydrogen) atoms. The molecule has 2 heterocycles. The Kier molecular flexibility index (Phi) is 3.36. The van der Waals surface area contributed by atoms with Gasteiger partial charge in [-0.05, 0) is 33.2 Å². The molecule has 2 saturated heterocycles. The number of hydrogen-bond acceptors (Lipinski definition) is 2. The van der Waals surface area contributed by atoms with Crippen molar-refractivity contribution in [2.45, 2.75) is 43.1 Å². The fourth-order valence-electron chi connectivity index (χ4n) is 2.76. The van der Waals surface area contributed by atoms with Gasteiger partial charge >= 0.3 is 0 Å². The molecule has 4 heteroatoms. The van der Waals surface area contributed by atoms with Gasteiger partial charge in [-0.1, -0.05) is 15.9 Å². The molecule has 0 N–H and O–H groups in total. The van der Waals surface area contributed by atoms with Crippen molar-refractivity contribution in [3.8, 4) is 0 Å². The molecule has 0 radical (unpaired) electrons. The van der Waals surface area contributed by atoms with Gasteiger partial charge in [-0.3, -0.25) is 9.69 Å². The SMILES string of the molecule is CC(Br)C(=O)N1CCC2CCC(C1)N2C. The molecule has 2 aliphatic heterocycles. The number of likely N-dealkylation sites (N-methyl/N-ethyl adjacent to an activating group) is 1.